The van der Waals surface area contributed by atoms with Crippen LogP contribution < -0.4 is 9.47 Å². The van der Waals surface area contributed by atoms with Crippen molar-refractivity contribution in [1.29, 1.82) is 0 Å². The summed E-state index contributed by atoms with van der Waals surface area (Å²) in [5.41, 5.74) is 3.77. The molecule has 2 aromatic carbocycles. The lowest BCUT2D eigenvalue weighted by molar-refractivity contribution is -0.274. The van der Waals surface area contributed by atoms with Crippen LogP contribution in [0.2, 0.25) is 0 Å². The normalized spacial score (nSPS) is 11.5. The summed E-state index contributed by atoms with van der Waals surface area (Å²) < 4.78 is 52.9. The number of alkyl halides is 3. The Kier molecular flexibility index (Phi) is 5.21. The van der Waals surface area contributed by atoms with Crippen LogP contribution in [0.5, 0.6) is 11.5 Å². The number of ether oxygens (including phenoxy) is 2. The lowest BCUT2D eigenvalue weighted by Gasteiger charge is -2.11. The molecule has 0 fully saturated rings. The molecule has 154 valence electrons. The highest BCUT2D eigenvalue weighted by molar-refractivity contribution is 7.08. The Balaban J connectivity index is 1.70. The highest BCUT2D eigenvalue weighted by atomic mass is 32.1. The molecule has 4 rings (SSSR count). The molecule has 5 nitrogen and oxygen atoms in total. The van der Waals surface area contributed by atoms with Crippen molar-refractivity contribution in [2.45, 2.75) is 13.3 Å². The average Bonchev–Trinajstić information content (AvgIpc) is 3.36. The number of aromatic nitrogens is 2. The summed E-state index contributed by atoms with van der Waals surface area (Å²) in [6.07, 6.45) is -4.83. The van der Waals surface area contributed by atoms with Crippen LogP contribution in [0.25, 0.3) is 34.0 Å². The van der Waals surface area contributed by atoms with Crippen molar-refractivity contribution in [3.05, 3.63) is 58.8 Å². The maximum atomic E-state index is 12.7. The Hall–Kier alpha value is -3.33. The second kappa shape index (κ2) is 7.83. The van der Waals surface area contributed by atoms with Gasteiger partial charge in [0.25, 0.3) is 5.89 Å². The van der Waals surface area contributed by atoms with Gasteiger partial charge in [-0.05, 0) is 59.1 Å². The molecule has 0 N–H and O–H groups in total. The van der Waals surface area contributed by atoms with Gasteiger partial charge in [0.2, 0.25) is 5.82 Å². The Morgan fingerprint density at radius 3 is 2.47 bits per heavy atom. The molecule has 4 aromatic rings. The molecule has 0 aliphatic carbocycles. The van der Waals surface area contributed by atoms with Crippen molar-refractivity contribution in [1.82, 2.24) is 10.1 Å². The molecule has 0 aliphatic heterocycles. The van der Waals surface area contributed by atoms with Crippen molar-refractivity contribution in [3.63, 3.8) is 0 Å². The number of aryl methyl sites for hydroxylation is 1. The first kappa shape index (κ1) is 20.0. The highest BCUT2D eigenvalue weighted by Gasteiger charge is 2.32. The number of benzene rings is 2. The molecule has 2 aromatic heterocycles. The zero-order chi connectivity index (χ0) is 21.3. The molecular formula is C21H15F3N2O3S. The van der Waals surface area contributed by atoms with E-state index < -0.39 is 12.1 Å². The van der Waals surface area contributed by atoms with Gasteiger partial charge in [-0.3, -0.25) is 0 Å². The predicted molar refractivity (Wildman–Crippen MR) is 106 cm³/mol. The molecule has 0 aliphatic rings. The highest BCUT2D eigenvalue weighted by Crippen LogP contribution is 2.38. The summed E-state index contributed by atoms with van der Waals surface area (Å²) in [6.45, 7) is 2.02. The predicted octanol–water partition coefficient (Wildman–Crippen LogP) is 6.35. The molecule has 0 bridgehead atoms. The maximum Gasteiger partial charge on any atom is 0.573 e. The third kappa shape index (κ3) is 4.02. The summed E-state index contributed by atoms with van der Waals surface area (Å²) in [4.78, 5) is 4.25. The van der Waals surface area contributed by atoms with Crippen LogP contribution >= 0.6 is 11.3 Å². The summed E-state index contributed by atoms with van der Waals surface area (Å²) in [5.74, 6) is 0.355. The number of para-hydroxylation sites is 1. The van der Waals surface area contributed by atoms with Crippen LogP contribution in [0, 0.1) is 6.92 Å². The standard InChI is InChI=1S/C21H15F3N2O3S/c1-12-10-30-11-16(12)14-8-7-13(9-18(14)27-2)20-25-19(26-29-20)15-5-3-4-6-17(15)28-21(22,23)24/h3-11H,1-2H3. The minimum Gasteiger partial charge on any atom is -0.496 e. The van der Waals surface area contributed by atoms with Crippen molar-refractivity contribution >= 4 is 11.3 Å². The largest absolute Gasteiger partial charge is 0.573 e. The van der Waals surface area contributed by atoms with E-state index in [0.29, 0.717) is 11.3 Å². The Morgan fingerprint density at radius 2 is 1.77 bits per heavy atom. The molecule has 0 unspecified atom stereocenters. The molecule has 0 saturated carbocycles. The van der Waals surface area contributed by atoms with Crippen molar-refractivity contribution in [2.24, 2.45) is 0 Å². The molecule has 30 heavy (non-hydrogen) atoms. The third-order valence-corrected chi connectivity index (χ3v) is 5.24. The van der Waals surface area contributed by atoms with Gasteiger partial charge in [0.05, 0.1) is 12.7 Å². The number of nitrogens with zero attached hydrogens (tertiary/aromatic N) is 2. The number of methoxy groups -OCH3 is 1. The lowest BCUT2D eigenvalue weighted by atomic mass is 10.0. The zero-order valence-electron chi connectivity index (χ0n) is 15.9. The van der Waals surface area contributed by atoms with Crippen LogP contribution in [0.1, 0.15) is 5.56 Å². The van der Waals surface area contributed by atoms with Crippen LogP contribution in [-0.4, -0.2) is 23.6 Å². The Labute approximate surface area is 173 Å². The van der Waals surface area contributed by atoms with E-state index >= 15 is 0 Å². The zero-order valence-corrected chi connectivity index (χ0v) is 16.7. The summed E-state index contributed by atoms with van der Waals surface area (Å²) in [7, 11) is 1.56. The average molecular weight is 432 g/mol. The molecule has 0 spiro atoms. The van der Waals surface area contributed by atoms with Crippen molar-refractivity contribution in [2.75, 3.05) is 7.11 Å². The van der Waals surface area contributed by atoms with Gasteiger partial charge < -0.3 is 14.0 Å². The van der Waals surface area contributed by atoms with Gasteiger partial charge in [0.1, 0.15) is 11.5 Å². The molecular weight excluding hydrogens is 417 g/mol. The number of hydrogen-bond donors (Lipinski definition) is 0. The first-order valence-electron chi connectivity index (χ1n) is 8.76. The first-order valence-corrected chi connectivity index (χ1v) is 9.70. The Bertz CT molecular complexity index is 1180. The van der Waals surface area contributed by atoms with E-state index in [-0.39, 0.29) is 17.3 Å². The van der Waals surface area contributed by atoms with E-state index in [1.807, 2.05) is 23.8 Å². The van der Waals surface area contributed by atoms with Gasteiger partial charge in [-0.1, -0.05) is 17.3 Å². The number of halogens is 3. The molecule has 9 heteroatoms. The maximum absolute atomic E-state index is 12.7. The molecule has 0 atom stereocenters. The first-order chi connectivity index (χ1) is 14.4. The fourth-order valence-corrected chi connectivity index (χ4v) is 3.85. The SMILES string of the molecule is COc1cc(-c2nc(-c3ccccc3OC(F)(F)F)no2)ccc1-c1cscc1C. The molecule has 0 radical (unpaired) electrons. The van der Waals surface area contributed by atoms with Gasteiger partial charge in [-0.2, -0.15) is 16.3 Å². The molecule has 0 saturated heterocycles. The van der Waals surface area contributed by atoms with Crippen molar-refractivity contribution < 1.29 is 27.2 Å². The van der Waals surface area contributed by atoms with Gasteiger partial charge in [-0.15, -0.1) is 13.2 Å². The van der Waals surface area contributed by atoms with Crippen LogP contribution in [0.4, 0.5) is 13.2 Å². The fourth-order valence-electron chi connectivity index (χ4n) is 3.00. The summed E-state index contributed by atoms with van der Waals surface area (Å²) >= 11 is 1.60. The van der Waals surface area contributed by atoms with Crippen molar-refractivity contribution in [3.8, 4) is 45.5 Å². The second-order valence-corrected chi connectivity index (χ2v) is 7.09. The lowest BCUT2D eigenvalue weighted by Crippen LogP contribution is -2.17. The smallest absolute Gasteiger partial charge is 0.496 e. The van der Waals surface area contributed by atoms with Gasteiger partial charge >= 0.3 is 6.36 Å². The van der Waals surface area contributed by atoms with E-state index in [1.54, 1.807) is 36.6 Å². The van der Waals surface area contributed by atoms with Gasteiger partial charge in [0, 0.05) is 11.1 Å². The van der Waals surface area contributed by atoms with E-state index in [9.17, 15) is 13.2 Å². The van der Waals surface area contributed by atoms with Gasteiger partial charge in [0.15, 0.2) is 0 Å². The fraction of sp³-hybridized carbons (Fsp3) is 0.143. The van der Waals surface area contributed by atoms with E-state index in [0.717, 1.165) is 16.7 Å². The minimum absolute atomic E-state index is 0.0124. The van der Waals surface area contributed by atoms with E-state index in [4.69, 9.17) is 9.26 Å². The number of hydrogen-bond acceptors (Lipinski definition) is 6. The van der Waals surface area contributed by atoms with Crippen LogP contribution in [-0.2, 0) is 0 Å². The van der Waals surface area contributed by atoms with Crippen LogP contribution in [0.15, 0.2) is 57.7 Å². The summed E-state index contributed by atoms with van der Waals surface area (Å²) in [5, 5.41) is 7.91. The second-order valence-electron chi connectivity index (χ2n) is 6.35. The number of rotatable bonds is 5. The molecule has 0 amide bonds. The minimum atomic E-state index is -4.83. The van der Waals surface area contributed by atoms with Crippen LogP contribution in [0.3, 0.4) is 0 Å². The number of thiophene rings is 1. The molecule has 2 heterocycles. The topological polar surface area (TPSA) is 57.4 Å². The quantitative estimate of drug-likeness (QED) is 0.368. The third-order valence-electron chi connectivity index (χ3n) is 4.37. The Morgan fingerprint density at radius 1 is 0.967 bits per heavy atom. The summed E-state index contributed by atoms with van der Waals surface area (Å²) in [6, 6.07) is 11.1. The van der Waals surface area contributed by atoms with Gasteiger partial charge in [-0.25, -0.2) is 0 Å². The van der Waals surface area contributed by atoms with E-state index in [1.165, 1.54) is 18.2 Å². The van der Waals surface area contributed by atoms with E-state index in [2.05, 4.69) is 14.9 Å². The monoisotopic (exact) mass is 432 g/mol.